The number of aliphatic carboxylic acids is 1. The molecule has 0 spiro atoms. The fourth-order valence-electron chi connectivity index (χ4n) is 1.46. The lowest BCUT2D eigenvalue weighted by atomic mass is 10.1. The molecular formula is C11H16N4O5. The predicted molar refractivity (Wildman–Crippen MR) is 65.5 cm³/mol. The molecule has 0 aliphatic heterocycles. The number of hydrogen-bond donors (Lipinski definition) is 2. The van der Waals surface area contributed by atoms with Crippen molar-refractivity contribution in [1.29, 1.82) is 0 Å². The van der Waals surface area contributed by atoms with Gasteiger partial charge >= 0.3 is 11.9 Å². The van der Waals surface area contributed by atoms with Crippen LogP contribution in [0.3, 0.4) is 0 Å². The normalized spacial score (nSPS) is 11.7. The van der Waals surface area contributed by atoms with Crippen LogP contribution in [0, 0.1) is 0 Å². The number of ether oxygens (including phenoxy) is 1. The second-order valence-corrected chi connectivity index (χ2v) is 3.99. The van der Waals surface area contributed by atoms with Crippen molar-refractivity contribution in [2.24, 2.45) is 0 Å². The van der Waals surface area contributed by atoms with Crippen LogP contribution in [-0.4, -0.2) is 51.1 Å². The van der Waals surface area contributed by atoms with E-state index in [4.69, 9.17) is 5.11 Å². The van der Waals surface area contributed by atoms with Crippen LogP contribution in [0.5, 0.6) is 0 Å². The zero-order chi connectivity index (χ0) is 15.0. The lowest BCUT2D eigenvalue weighted by molar-refractivity contribution is -0.144. The maximum absolute atomic E-state index is 11.6. The van der Waals surface area contributed by atoms with E-state index in [-0.39, 0.29) is 19.3 Å². The van der Waals surface area contributed by atoms with Crippen molar-refractivity contribution in [3.63, 3.8) is 0 Å². The highest BCUT2D eigenvalue weighted by Crippen LogP contribution is 2.00. The third kappa shape index (κ3) is 5.46. The second-order valence-electron chi connectivity index (χ2n) is 3.99. The Morgan fingerprint density at radius 1 is 1.40 bits per heavy atom. The minimum Gasteiger partial charge on any atom is -0.480 e. The molecule has 20 heavy (non-hydrogen) atoms. The van der Waals surface area contributed by atoms with Gasteiger partial charge in [-0.2, -0.15) is 0 Å². The largest absolute Gasteiger partial charge is 0.480 e. The van der Waals surface area contributed by atoms with Crippen LogP contribution >= 0.6 is 0 Å². The van der Waals surface area contributed by atoms with Gasteiger partial charge in [0.25, 0.3) is 0 Å². The number of aromatic nitrogens is 3. The van der Waals surface area contributed by atoms with E-state index < -0.39 is 23.9 Å². The summed E-state index contributed by atoms with van der Waals surface area (Å²) in [5.41, 5.74) is 0. The van der Waals surface area contributed by atoms with Gasteiger partial charge in [0, 0.05) is 19.0 Å². The van der Waals surface area contributed by atoms with Crippen molar-refractivity contribution in [2.45, 2.75) is 31.8 Å². The molecule has 2 N–H and O–H groups in total. The number of carboxylic acid groups (broad SMARTS) is 1. The van der Waals surface area contributed by atoms with Gasteiger partial charge in [-0.25, -0.2) is 4.79 Å². The standard InChI is InChI=1S/C11H16N4O5/c1-20-10(17)3-2-8(11(18)19)13-9(16)4-6-15-7-5-12-14-15/h5,7-8H,2-4,6H2,1H3,(H,13,16)(H,18,19)/t8-/m0/s1. The minimum absolute atomic E-state index is 0.0168. The van der Waals surface area contributed by atoms with Crippen LogP contribution < -0.4 is 5.32 Å². The molecule has 0 radical (unpaired) electrons. The first kappa shape index (κ1) is 15.6. The Hall–Kier alpha value is -2.45. The molecule has 0 fully saturated rings. The molecular weight excluding hydrogens is 268 g/mol. The number of carbonyl (C=O) groups is 3. The highest BCUT2D eigenvalue weighted by molar-refractivity contribution is 5.83. The summed E-state index contributed by atoms with van der Waals surface area (Å²) < 4.78 is 5.88. The van der Waals surface area contributed by atoms with E-state index in [0.29, 0.717) is 6.54 Å². The first-order valence-corrected chi connectivity index (χ1v) is 5.96. The summed E-state index contributed by atoms with van der Waals surface area (Å²) in [7, 11) is 1.22. The molecule has 0 saturated heterocycles. The fourth-order valence-corrected chi connectivity index (χ4v) is 1.46. The van der Waals surface area contributed by atoms with E-state index in [2.05, 4.69) is 20.4 Å². The summed E-state index contributed by atoms with van der Waals surface area (Å²) in [4.78, 5) is 33.5. The minimum atomic E-state index is -1.19. The van der Waals surface area contributed by atoms with Crippen molar-refractivity contribution < 1.29 is 24.2 Å². The van der Waals surface area contributed by atoms with E-state index in [1.165, 1.54) is 18.0 Å². The number of hydrogen-bond acceptors (Lipinski definition) is 6. The average Bonchev–Trinajstić information content (AvgIpc) is 2.93. The quantitative estimate of drug-likeness (QED) is 0.598. The molecule has 9 heteroatoms. The molecule has 110 valence electrons. The van der Waals surface area contributed by atoms with E-state index in [1.54, 1.807) is 6.20 Å². The Morgan fingerprint density at radius 2 is 2.15 bits per heavy atom. The molecule has 0 saturated carbocycles. The Labute approximate surface area is 114 Å². The summed E-state index contributed by atoms with van der Waals surface area (Å²) in [5.74, 6) is -2.14. The number of carboxylic acids is 1. The van der Waals surface area contributed by atoms with Crippen LogP contribution in [0.15, 0.2) is 12.4 Å². The fraction of sp³-hybridized carbons (Fsp3) is 0.545. The van der Waals surface area contributed by atoms with Gasteiger partial charge in [-0.3, -0.25) is 14.3 Å². The Kier molecular flexibility index (Phi) is 6.14. The number of nitrogens with zero attached hydrogens (tertiary/aromatic N) is 3. The zero-order valence-electron chi connectivity index (χ0n) is 11.0. The molecule has 0 bridgehead atoms. The van der Waals surface area contributed by atoms with Gasteiger partial charge in [0.05, 0.1) is 19.9 Å². The van der Waals surface area contributed by atoms with Crippen molar-refractivity contribution in [1.82, 2.24) is 20.3 Å². The van der Waals surface area contributed by atoms with Crippen LogP contribution in [0.4, 0.5) is 0 Å². The molecule has 0 aliphatic rings. The van der Waals surface area contributed by atoms with Gasteiger partial charge in [-0.15, -0.1) is 5.10 Å². The molecule has 1 amide bonds. The first-order valence-electron chi connectivity index (χ1n) is 5.96. The number of nitrogens with one attached hydrogen (secondary N) is 1. The van der Waals surface area contributed by atoms with Gasteiger partial charge < -0.3 is 15.2 Å². The summed E-state index contributed by atoms with van der Waals surface area (Å²) in [5, 5.41) is 18.6. The topological polar surface area (TPSA) is 123 Å². The number of methoxy groups -OCH3 is 1. The highest BCUT2D eigenvalue weighted by Gasteiger charge is 2.21. The Morgan fingerprint density at radius 3 is 2.70 bits per heavy atom. The molecule has 1 rings (SSSR count). The van der Waals surface area contributed by atoms with E-state index in [0.717, 1.165) is 0 Å². The SMILES string of the molecule is COC(=O)CC[C@H](NC(=O)CCn1ccnn1)C(=O)O. The molecule has 1 aromatic rings. The van der Waals surface area contributed by atoms with Crippen molar-refractivity contribution >= 4 is 17.8 Å². The summed E-state index contributed by atoms with van der Waals surface area (Å²) in [6.07, 6.45) is 3.06. The molecule has 1 heterocycles. The molecule has 0 unspecified atom stereocenters. The van der Waals surface area contributed by atoms with E-state index in [1.807, 2.05) is 0 Å². The molecule has 0 aliphatic carbocycles. The van der Waals surface area contributed by atoms with E-state index in [9.17, 15) is 14.4 Å². The maximum atomic E-state index is 11.6. The second kappa shape index (κ2) is 7.87. The van der Waals surface area contributed by atoms with Gasteiger partial charge in [0.15, 0.2) is 0 Å². The van der Waals surface area contributed by atoms with E-state index >= 15 is 0 Å². The smallest absolute Gasteiger partial charge is 0.326 e. The highest BCUT2D eigenvalue weighted by atomic mass is 16.5. The maximum Gasteiger partial charge on any atom is 0.326 e. The van der Waals surface area contributed by atoms with Crippen LogP contribution in [0.1, 0.15) is 19.3 Å². The van der Waals surface area contributed by atoms with Crippen molar-refractivity contribution in [3.05, 3.63) is 12.4 Å². The molecule has 1 aromatic heterocycles. The van der Waals surface area contributed by atoms with Gasteiger partial charge in [-0.1, -0.05) is 5.21 Å². The third-order valence-electron chi connectivity index (χ3n) is 2.54. The Balaban J connectivity index is 2.38. The first-order chi connectivity index (χ1) is 9.52. The van der Waals surface area contributed by atoms with Crippen molar-refractivity contribution in [2.75, 3.05) is 7.11 Å². The van der Waals surface area contributed by atoms with Gasteiger partial charge in [0.1, 0.15) is 6.04 Å². The number of esters is 1. The molecule has 0 aromatic carbocycles. The number of amides is 1. The number of carbonyl (C=O) groups excluding carboxylic acids is 2. The van der Waals surface area contributed by atoms with Gasteiger partial charge in [-0.05, 0) is 6.42 Å². The monoisotopic (exact) mass is 284 g/mol. The lowest BCUT2D eigenvalue weighted by Gasteiger charge is -2.13. The zero-order valence-corrected chi connectivity index (χ0v) is 11.0. The summed E-state index contributed by atoms with van der Waals surface area (Å²) in [6, 6.07) is -1.11. The summed E-state index contributed by atoms with van der Waals surface area (Å²) >= 11 is 0. The molecule has 9 nitrogen and oxygen atoms in total. The predicted octanol–water partition coefficient (Wildman–Crippen LogP) is -0.809. The van der Waals surface area contributed by atoms with Crippen molar-refractivity contribution in [3.8, 4) is 0 Å². The van der Waals surface area contributed by atoms with Crippen LogP contribution in [0.25, 0.3) is 0 Å². The summed E-state index contributed by atoms with van der Waals surface area (Å²) in [6.45, 7) is 0.301. The average molecular weight is 284 g/mol. The Bertz CT molecular complexity index is 459. The van der Waals surface area contributed by atoms with Crippen LogP contribution in [-0.2, 0) is 25.7 Å². The molecule has 1 atom stereocenters. The van der Waals surface area contributed by atoms with Crippen LogP contribution in [0.2, 0.25) is 0 Å². The number of aryl methyl sites for hydroxylation is 1. The third-order valence-corrected chi connectivity index (χ3v) is 2.54. The lowest BCUT2D eigenvalue weighted by Crippen LogP contribution is -2.41. The number of rotatable bonds is 8. The van der Waals surface area contributed by atoms with Gasteiger partial charge in [0.2, 0.25) is 5.91 Å².